The van der Waals surface area contributed by atoms with Crippen LogP contribution in [0, 0.1) is 5.82 Å². The largest absolute Gasteiger partial charge is 0.487 e. The number of fused-ring (bicyclic) bond motifs is 1. The standard InChI is InChI=1S/C22H16ClFN4O2S/c23-15-3-8-20(25-11-15)31-22-19(27-21(30-22)13-1-4-16(24)5-2-13)12-29-17-6-7-18-14(9-17)10-26-28-18/h1-2,4-7,9-11H,3,8,12H2,(H,26,28). The lowest BCUT2D eigenvalue weighted by Gasteiger charge is -2.09. The van der Waals surface area contributed by atoms with E-state index in [0.29, 0.717) is 28.0 Å². The van der Waals surface area contributed by atoms with Crippen molar-refractivity contribution in [2.24, 2.45) is 4.99 Å². The third-order valence-corrected chi connectivity index (χ3v) is 6.01. The summed E-state index contributed by atoms with van der Waals surface area (Å²) < 4.78 is 25.3. The zero-order valence-electron chi connectivity index (χ0n) is 16.1. The molecule has 0 spiro atoms. The van der Waals surface area contributed by atoms with E-state index in [-0.39, 0.29) is 12.4 Å². The molecule has 2 aromatic heterocycles. The number of oxazole rings is 1. The molecule has 156 valence electrons. The molecule has 0 bridgehead atoms. The third kappa shape index (κ3) is 4.50. The lowest BCUT2D eigenvalue weighted by atomic mass is 10.2. The summed E-state index contributed by atoms with van der Waals surface area (Å²) in [6.07, 6.45) is 4.86. The van der Waals surface area contributed by atoms with Crippen LogP contribution < -0.4 is 4.74 Å². The number of ether oxygens (including phenoxy) is 1. The van der Waals surface area contributed by atoms with Crippen molar-refractivity contribution in [3.8, 4) is 17.2 Å². The van der Waals surface area contributed by atoms with Crippen LogP contribution in [0.4, 0.5) is 4.39 Å². The van der Waals surface area contributed by atoms with E-state index in [9.17, 15) is 4.39 Å². The van der Waals surface area contributed by atoms with Crippen LogP contribution >= 0.6 is 23.4 Å². The molecule has 0 amide bonds. The maximum atomic E-state index is 13.3. The smallest absolute Gasteiger partial charge is 0.227 e. The number of aliphatic imine (C=N–C) groups is 1. The number of hydrogen-bond acceptors (Lipinski definition) is 6. The number of hydrogen-bond donors (Lipinski definition) is 1. The summed E-state index contributed by atoms with van der Waals surface area (Å²) in [5, 5.41) is 10.1. The average Bonchev–Trinajstić information content (AvgIpc) is 3.41. The molecule has 5 rings (SSSR count). The fourth-order valence-electron chi connectivity index (χ4n) is 3.07. The molecule has 0 atom stereocenters. The van der Waals surface area contributed by atoms with Crippen molar-refractivity contribution in [1.29, 1.82) is 0 Å². The summed E-state index contributed by atoms with van der Waals surface area (Å²) in [7, 11) is 0. The van der Waals surface area contributed by atoms with Crippen LogP contribution in [-0.4, -0.2) is 20.2 Å². The van der Waals surface area contributed by atoms with Crippen molar-refractivity contribution in [3.63, 3.8) is 0 Å². The SMILES string of the molecule is Fc1ccc(-c2nc(COc3ccc4[nH]ncc4c3)c(SC3=NC=C(Cl)CC3)o2)cc1. The quantitative estimate of drug-likeness (QED) is 0.383. The van der Waals surface area contributed by atoms with Crippen LogP contribution in [0.1, 0.15) is 18.5 Å². The Balaban J connectivity index is 1.42. The maximum absolute atomic E-state index is 13.3. The van der Waals surface area contributed by atoms with Crippen molar-refractivity contribution in [3.05, 3.63) is 71.4 Å². The summed E-state index contributed by atoms with van der Waals surface area (Å²) in [5.41, 5.74) is 2.26. The fraction of sp³-hybridized carbons (Fsp3) is 0.136. The normalized spacial score (nSPS) is 13.9. The van der Waals surface area contributed by atoms with Crippen LogP contribution in [0.15, 0.2) is 74.4 Å². The number of allylic oxidation sites excluding steroid dienone is 1. The Morgan fingerprint density at radius 3 is 2.84 bits per heavy atom. The van der Waals surface area contributed by atoms with Gasteiger partial charge in [-0.15, -0.1) is 0 Å². The van der Waals surface area contributed by atoms with Gasteiger partial charge in [0.05, 0.1) is 16.8 Å². The average molecular weight is 455 g/mol. The van der Waals surface area contributed by atoms with Crippen molar-refractivity contribution in [2.75, 3.05) is 0 Å². The molecule has 1 N–H and O–H groups in total. The highest BCUT2D eigenvalue weighted by Gasteiger charge is 2.19. The summed E-state index contributed by atoms with van der Waals surface area (Å²) in [6, 6.07) is 11.7. The van der Waals surface area contributed by atoms with Gasteiger partial charge in [0.2, 0.25) is 5.89 Å². The zero-order chi connectivity index (χ0) is 21.2. The second-order valence-corrected chi connectivity index (χ2v) is 8.40. The van der Waals surface area contributed by atoms with Gasteiger partial charge in [0.15, 0.2) is 5.09 Å². The Hall–Kier alpha value is -3.10. The minimum Gasteiger partial charge on any atom is -0.487 e. The number of H-pyrrole nitrogens is 1. The highest BCUT2D eigenvalue weighted by molar-refractivity contribution is 8.13. The third-order valence-electron chi connectivity index (χ3n) is 4.68. The van der Waals surface area contributed by atoms with Crippen molar-refractivity contribution < 1.29 is 13.5 Å². The van der Waals surface area contributed by atoms with E-state index in [1.807, 2.05) is 18.2 Å². The van der Waals surface area contributed by atoms with E-state index < -0.39 is 0 Å². The number of aromatic nitrogens is 3. The number of benzene rings is 2. The van der Waals surface area contributed by atoms with Crippen molar-refractivity contribution in [1.82, 2.24) is 15.2 Å². The van der Waals surface area contributed by atoms with Crippen LogP contribution in [-0.2, 0) is 6.61 Å². The Morgan fingerprint density at radius 2 is 2.03 bits per heavy atom. The maximum Gasteiger partial charge on any atom is 0.227 e. The Morgan fingerprint density at radius 1 is 1.16 bits per heavy atom. The first-order valence-corrected chi connectivity index (χ1v) is 10.7. The van der Waals surface area contributed by atoms with E-state index >= 15 is 0 Å². The highest BCUT2D eigenvalue weighted by atomic mass is 35.5. The van der Waals surface area contributed by atoms with Gasteiger partial charge < -0.3 is 9.15 Å². The predicted molar refractivity (Wildman–Crippen MR) is 119 cm³/mol. The first kappa shape index (κ1) is 19.8. The predicted octanol–water partition coefficient (Wildman–Crippen LogP) is 6.30. The summed E-state index contributed by atoms with van der Waals surface area (Å²) >= 11 is 7.42. The van der Waals surface area contributed by atoms with E-state index in [4.69, 9.17) is 20.8 Å². The molecule has 9 heteroatoms. The summed E-state index contributed by atoms with van der Waals surface area (Å²) in [5.74, 6) is 0.778. The van der Waals surface area contributed by atoms with Gasteiger partial charge in [0.1, 0.15) is 23.9 Å². The molecular formula is C22H16ClFN4O2S. The summed E-state index contributed by atoms with van der Waals surface area (Å²) in [4.78, 5) is 8.99. The zero-order valence-corrected chi connectivity index (χ0v) is 17.7. The topological polar surface area (TPSA) is 76.3 Å². The molecule has 3 heterocycles. The van der Waals surface area contributed by atoms with Gasteiger partial charge in [-0.2, -0.15) is 5.10 Å². The van der Waals surface area contributed by atoms with E-state index in [0.717, 1.165) is 33.8 Å². The monoisotopic (exact) mass is 454 g/mol. The Bertz CT molecular complexity index is 1300. The molecule has 2 aromatic carbocycles. The molecule has 1 aliphatic rings. The number of aromatic amines is 1. The highest BCUT2D eigenvalue weighted by Crippen LogP contribution is 2.34. The molecule has 0 aliphatic carbocycles. The molecular weight excluding hydrogens is 439 g/mol. The van der Waals surface area contributed by atoms with E-state index in [1.54, 1.807) is 24.5 Å². The molecule has 4 aromatic rings. The van der Waals surface area contributed by atoms with Crippen LogP contribution in [0.5, 0.6) is 5.75 Å². The van der Waals surface area contributed by atoms with Crippen LogP contribution in [0.3, 0.4) is 0 Å². The van der Waals surface area contributed by atoms with E-state index in [1.165, 1.54) is 23.9 Å². The first-order valence-electron chi connectivity index (χ1n) is 9.55. The summed E-state index contributed by atoms with van der Waals surface area (Å²) in [6.45, 7) is 0.209. The molecule has 31 heavy (non-hydrogen) atoms. The molecule has 0 unspecified atom stereocenters. The van der Waals surface area contributed by atoms with Gasteiger partial charge in [-0.1, -0.05) is 11.6 Å². The Kier molecular flexibility index (Phi) is 5.48. The second kappa shape index (κ2) is 8.56. The number of nitrogens with zero attached hydrogens (tertiary/aromatic N) is 3. The molecule has 1 aliphatic heterocycles. The fourth-order valence-corrected chi connectivity index (χ4v) is 4.08. The Labute approximate surface area is 186 Å². The lowest BCUT2D eigenvalue weighted by Crippen LogP contribution is -2.00. The van der Waals surface area contributed by atoms with Gasteiger partial charge in [-0.05, 0) is 60.6 Å². The van der Waals surface area contributed by atoms with E-state index in [2.05, 4.69) is 20.2 Å². The first-order chi connectivity index (χ1) is 15.1. The van der Waals surface area contributed by atoms with Crippen LogP contribution in [0.2, 0.25) is 0 Å². The second-order valence-electron chi connectivity index (χ2n) is 6.87. The van der Waals surface area contributed by atoms with Gasteiger partial charge in [0, 0.05) is 28.6 Å². The lowest BCUT2D eigenvalue weighted by molar-refractivity contribution is 0.295. The number of rotatable bonds is 5. The van der Waals surface area contributed by atoms with Gasteiger partial charge in [-0.25, -0.2) is 9.37 Å². The van der Waals surface area contributed by atoms with Gasteiger partial charge in [0.25, 0.3) is 0 Å². The molecule has 0 saturated heterocycles. The van der Waals surface area contributed by atoms with Gasteiger partial charge in [-0.3, -0.25) is 10.1 Å². The minimum absolute atomic E-state index is 0.209. The molecule has 0 radical (unpaired) electrons. The molecule has 0 saturated carbocycles. The van der Waals surface area contributed by atoms with Gasteiger partial charge >= 0.3 is 0 Å². The number of halogens is 2. The van der Waals surface area contributed by atoms with Crippen molar-refractivity contribution in [2.45, 2.75) is 24.5 Å². The number of thioether (sulfide) groups is 1. The van der Waals surface area contributed by atoms with Crippen molar-refractivity contribution >= 4 is 39.3 Å². The number of nitrogens with one attached hydrogen (secondary N) is 1. The minimum atomic E-state index is -0.316. The van der Waals surface area contributed by atoms with Crippen LogP contribution in [0.25, 0.3) is 22.4 Å². The molecule has 0 fully saturated rings. The molecule has 6 nitrogen and oxygen atoms in total.